The van der Waals surface area contributed by atoms with Gasteiger partial charge in [-0.05, 0) is 102 Å². The summed E-state index contributed by atoms with van der Waals surface area (Å²) in [6, 6.07) is -1.04. The van der Waals surface area contributed by atoms with E-state index in [9.17, 15) is 34.2 Å². The van der Waals surface area contributed by atoms with E-state index >= 15 is 0 Å². The second-order valence-corrected chi connectivity index (χ2v) is 17.7. The van der Waals surface area contributed by atoms with Gasteiger partial charge in [-0.15, -0.1) is 0 Å². The van der Waals surface area contributed by atoms with Gasteiger partial charge in [0.2, 0.25) is 5.79 Å². The van der Waals surface area contributed by atoms with Crippen molar-refractivity contribution in [1.29, 1.82) is 0 Å². The summed E-state index contributed by atoms with van der Waals surface area (Å²) < 4.78 is 17.3. The zero-order chi connectivity index (χ0) is 49.0. The first-order valence-corrected chi connectivity index (χ1v) is 23.7. The first-order valence-electron chi connectivity index (χ1n) is 23.7. The molecule has 2 saturated heterocycles. The second kappa shape index (κ2) is 33.2. The largest absolute Gasteiger partial charge is 0.460 e. The van der Waals surface area contributed by atoms with Gasteiger partial charge in [0.1, 0.15) is 23.7 Å². The van der Waals surface area contributed by atoms with E-state index in [4.69, 9.17) is 24.4 Å². The van der Waals surface area contributed by atoms with Crippen molar-refractivity contribution in [1.82, 2.24) is 4.90 Å². The van der Waals surface area contributed by atoms with Crippen LogP contribution in [0.2, 0.25) is 0 Å². The predicted octanol–water partition coefficient (Wildman–Crippen LogP) is 7.81. The number of carbonyl (C=O) groups is 5. The lowest BCUT2D eigenvalue weighted by Crippen LogP contribution is -2.59. The third kappa shape index (κ3) is 20.9. The van der Waals surface area contributed by atoms with Crippen molar-refractivity contribution in [3.8, 4) is 0 Å². The average molecular weight is 906 g/mol. The van der Waals surface area contributed by atoms with E-state index in [-0.39, 0.29) is 67.8 Å². The minimum absolute atomic E-state index is 0.00994. The summed E-state index contributed by atoms with van der Waals surface area (Å²) >= 11 is 0. The molecule has 13 heteroatoms. The van der Waals surface area contributed by atoms with Crippen LogP contribution in [0, 0.1) is 29.6 Å². The fourth-order valence-electron chi connectivity index (χ4n) is 8.49. The monoisotopic (exact) mass is 906 g/mol. The van der Waals surface area contributed by atoms with Crippen molar-refractivity contribution in [2.24, 2.45) is 29.6 Å². The number of hydrogen-bond acceptors (Lipinski definition) is 12. The Morgan fingerprint density at radius 2 is 1.55 bits per heavy atom. The highest BCUT2D eigenvalue weighted by atomic mass is 16.6. The number of amides is 1. The smallest absolute Gasteiger partial charge is 0.329 e. The SMILES string of the molecule is CC.CO.CO.CO[C@H]1CCC[C@@H](C[C@@H](C)[C@H](CC(=O)C/C=C(\C)[C@@H](O)CC(=O)[C@H](C)C[C@H](C)/C=C/C=C/C=C(C)C)OC(=O)[C@@H]2CCCCN2C(=O)C(=O)[C@]2(O)OCCC[C@H]2C)C1. The molecule has 1 saturated carbocycles. The maximum Gasteiger partial charge on any atom is 0.329 e. The van der Waals surface area contributed by atoms with Gasteiger partial charge in [-0.3, -0.25) is 19.2 Å². The van der Waals surface area contributed by atoms with Crippen LogP contribution in [0.3, 0.4) is 0 Å². The standard InChI is InChI=1S/C47H73NO10.C2H6.2CH4O/c1-31(2)16-10-9-11-17-32(3)26-34(5)42(51)30-41(50)33(4)22-23-38(49)29-43(35(6)27-37-19-14-20-39(28-37)56-8)58-46(54)40-21-12-13-24-48(40)45(53)44(52)47(55)36(7)18-15-25-57-47;3*1-2/h9-11,16-17,22,32,34-37,39-41,43,50,55H,12-15,18-21,23-30H2,1-8H3;1-2H3;2*2H,1H3/b10-9+,17-11+,33-22+;;;/t32-,34-,35-,36-,37+,39+,40+,41+,43+,47-;;;/m1.../s1. The molecule has 0 spiro atoms. The number of methoxy groups -OCH3 is 1. The van der Waals surface area contributed by atoms with Crippen LogP contribution in [0.1, 0.15) is 152 Å². The number of Topliss-reactive ketones (excluding diaryl/α,β-unsaturated/α-hetero) is 3. The Kier molecular flexibility index (Phi) is 31.5. The molecule has 3 fully saturated rings. The summed E-state index contributed by atoms with van der Waals surface area (Å²) in [6.07, 6.45) is 17.9. The first-order chi connectivity index (χ1) is 30.5. The fraction of sp³-hybridized carbons (Fsp3) is 0.745. The Balaban J connectivity index is 0.00000633. The van der Waals surface area contributed by atoms with Gasteiger partial charge in [-0.2, -0.15) is 0 Å². The summed E-state index contributed by atoms with van der Waals surface area (Å²) in [5, 5.41) is 36.0. The lowest BCUT2D eigenvalue weighted by atomic mass is 9.79. The molecule has 2 heterocycles. The van der Waals surface area contributed by atoms with E-state index in [2.05, 4.69) is 13.0 Å². The van der Waals surface area contributed by atoms with E-state index in [1.807, 2.05) is 65.8 Å². The number of piperidine rings is 1. The maximum absolute atomic E-state index is 14.0. The van der Waals surface area contributed by atoms with Gasteiger partial charge >= 0.3 is 5.97 Å². The number of aliphatic hydroxyl groups is 4. The molecule has 3 aliphatic rings. The highest BCUT2D eigenvalue weighted by Crippen LogP contribution is 2.34. The topological polar surface area (TPSA) is 197 Å². The van der Waals surface area contributed by atoms with Crippen LogP contribution in [0.25, 0.3) is 0 Å². The van der Waals surface area contributed by atoms with Gasteiger partial charge < -0.3 is 39.5 Å². The maximum atomic E-state index is 14.0. The van der Waals surface area contributed by atoms with Gasteiger partial charge in [0, 0.05) is 59.0 Å². The predicted molar refractivity (Wildman–Crippen MR) is 252 cm³/mol. The number of esters is 1. The van der Waals surface area contributed by atoms with Crippen LogP contribution in [-0.4, -0.2) is 119 Å². The zero-order valence-corrected chi connectivity index (χ0v) is 41.5. The highest BCUT2D eigenvalue weighted by Gasteiger charge is 2.51. The van der Waals surface area contributed by atoms with Crippen LogP contribution < -0.4 is 0 Å². The summed E-state index contributed by atoms with van der Waals surface area (Å²) in [5.74, 6) is -5.69. The molecule has 4 N–H and O–H groups in total. The normalized spacial score (nSPS) is 24.8. The van der Waals surface area contributed by atoms with Crippen molar-refractivity contribution < 1.29 is 58.6 Å². The molecule has 10 atom stereocenters. The number of aliphatic hydroxyl groups excluding tert-OH is 3. The van der Waals surface area contributed by atoms with Crippen molar-refractivity contribution in [3.05, 3.63) is 47.6 Å². The van der Waals surface area contributed by atoms with Gasteiger partial charge in [0.05, 0.1) is 18.8 Å². The molecule has 64 heavy (non-hydrogen) atoms. The third-order valence-electron chi connectivity index (χ3n) is 12.4. The second-order valence-electron chi connectivity index (χ2n) is 17.7. The number of ketones is 3. The summed E-state index contributed by atoms with van der Waals surface area (Å²) in [7, 11) is 3.72. The van der Waals surface area contributed by atoms with Crippen molar-refractivity contribution in [2.75, 3.05) is 34.5 Å². The summed E-state index contributed by atoms with van der Waals surface area (Å²) in [6.45, 7) is 17.7. The Morgan fingerprint density at radius 3 is 2.17 bits per heavy atom. The Morgan fingerprint density at radius 1 is 0.875 bits per heavy atom. The molecule has 368 valence electrons. The molecular formula is C51H87NO12. The van der Waals surface area contributed by atoms with E-state index in [1.54, 1.807) is 27.0 Å². The van der Waals surface area contributed by atoms with Crippen LogP contribution in [0.5, 0.6) is 0 Å². The van der Waals surface area contributed by atoms with Crippen LogP contribution in [-0.2, 0) is 38.2 Å². The number of carbonyl (C=O) groups excluding carboxylic acids is 5. The Labute approximate surface area is 385 Å². The molecule has 0 aromatic carbocycles. The number of allylic oxidation sites excluding steroid dienone is 7. The molecular weight excluding hydrogens is 819 g/mol. The van der Waals surface area contributed by atoms with Gasteiger partial charge in [-0.25, -0.2) is 4.79 Å². The number of nitrogens with zero attached hydrogens (tertiary/aromatic N) is 1. The molecule has 1 amide bonds. The van der Waals surface area contributed by atoms with Crippen molar-refractivity contribution in [3.63, 3.8) is 0 Å². The van der Waals surface area contributed by atoms with Gasteiger partial charge in [0.25, 0.3) is 11.7 Å². The van der Waals surface area contributed by atoms with Crippen LogP contribution >= 0.6 is 0 Å². The molecule has 0 bridgehead atoms. The van der Waals surface area contributed by atoms with Gasteiger partial charge in [0.15, 0.2) is 0 Å². The highest BCUT2D eigenvalue weighted by molar-refractivity contribution is 6.39. The molecule has 0 aromatic heterocycles. The molecule has 2 aliphatic heterocycles. The molecule has 3 rings (SSSR count). The minimum Gasteiger partial charge on any atom is -0.460 e. The lowest BCUT2D eigenvalue weighted by molar-refractivity contribution is -0.241. The lowest BCUT2D eigenvalue weighted by Gasteiger charge is -2.39. The molecule has 1 aliphatic carbocycles. The number of ether oxygens (including phenoxy) is 3. The van der Waals surface area contributed by atoms with Crippen LogP contribution in [0.4, 0.5) is 0 Å². The summed E-state index contributed by atoms with van der Waals surface area (Å²) in [5.41, 5.74) is 1.74. The number of likely N-dealkylation sites (tertiary alicyclic amines) is 1. The minimum atomic E-state index is -2.24. The molecule has 0 unspecified atom stereocenters. The molecule has 0 aromatic rings. The number of hydrogen-bond donors (Lipinski definition) is 4. The quantitative estimate of drug-likeness (QED) is 0.0378. The van der Waals surface area contributed by atoms with E-state index in [1.165, 1.54) is 10.5 Å². The van der Waals surface area contributed by atoms with E-state index < -0.39 is 47.6 Å². The van der Waals surface area contributed by atoms with Crippen molar-refractivity contribution in [2.45, 2.75) is 182 Å². The Hall–Kier alpha value is -3.33. The third-order valence-corrected chi connectivity index (χ3v) is 12.4. The summed E-state index contributed by atoms with van der Waals surface area (Å²) in [4.78, 5) is 68.8. The molecule has 0 radical (unpaired) electrons. The molecule has 13 nitrogen and oxygen atoms in total. The first kappa shape index (κ1) is 60.7. The number of rotatable bonds is 21. The van der Waals surface area contributed by atoms with Crippen LogP contribution in [0.15, 0.2) is 47.6 Å². The Bertz CT molecular complexity index is 1520. The zero-order valence-electron chi connectivity index (χ0n) is 41.5. The van der Waals surface area contributed by atoms with Crippen molar-refractivity contribution >= 4 is 29.2 Å². The van der Waals surface area contributed by atoms with Gasteiger partial charge in [-0.1, -0.05) is 96.4 Å². The fourth-order valence-corrected chi connectivity index (χ4v) is 8.49. The van der Waals surface area contributed by atoms with E-state index in [0.29, 0.717) is 56.4 Å². The average Bonchev–Trinajstić information content (AvgIpc) is 3.30. The van der Waals surface area contributed by atoms with E-state index in [0.717, 1.165) is 39.9 Å².